The summed E-state index contributed by atoms with van der Waals surface area (Å²) in [6.45, 7) is 24.8. The lowest BCUT2D eigenvalue weighted by Crippen LogP contribution is -2.42. The third-order valence-corrected chi connectivity index (χ3v) is 15.6. The first-order valence-corrected chi connectivity index (χ1v) is 19.3. The Kier molecular flexibility index (Phi) is 11.6. The maximum Gasteiger partial charge on any atom is 0.306 e. The van der Waals surface area contributed by atoms with Gasteiger partial charge in [-0.3, -0.25) is 4.79 Å². The standard InChI is InChI=1S/C36H62O3Si/c1-11-40(12-2,13-3)39-33-25-26(4)24-30(28(33)6)20-19-29-17-15-23-36(10)31(21-22-32(29)36)27(5)16-14-18-34(37)38-35(7,8)9/h19-20,26-27,31-33H,6,11-18,21-25H2,1-5,7-10H3/b29-19+,30-20-/t26-,27-,31-,32+,33?,36-/m1/s1. The Bertz CT molecular complexity index is 928. The van der Waals surface area contributed by atoms with E-state index >= 15 is 0 Å². The second kappa shape index (κ2) is 13.9. The van der Waals surface area contributed by atoms with E-state index in [0.29, 0.717) is 29.6 Å². The Morgan fingerprint density at radius 2 is 1.82 bits per heavy atom. The first kappa shape index (κ1) is 33.4. The van der Waals surface area contributed by atoms with Crippen LogP contribution in [0, 0.1) is 29.1 Å². The number of rotatable bonds is 11. The molecule has 1 unspecified atom stereocenters. The van der Waals surface area contributed by atoms with E-state index in [2.05, 4.69) is 60.3 Å². The van der Waals surface area contributed by atoms with E-state index in [9.17, 15) is 4.79 Å². The van der Waals surface area contributed by atoms with Gasteiger partial charge in [0.2, 0.25) is 0 Å². The monoisotopic (exact) mass is 570 g/mol. The van der Waals surface area contributed by atoms with E-state index in [1.807, 2.05) is 20.8 Å². The van der Waals surface area contributed by atoms with Gasteiger partial charge in [-0.15, -0.1) is 0 Å². The molecule has 228 valence electrons. The van der Waals surface area contributed by atoms with Crippen LogP contribution in [0.3, 0.4) is 0 Å². The normalized spacial score (nSPS) is 32.4. The average molecular weight is 571 g/mol. The molecule has 6 atom stereocenters. The van der Waals surface area contributed by atoms with Gasteiger partial charge in [0.05, 0.1) is 6.10 Å². The molecule has 0 aliphatic heterocycles. The van der Waals surface area contributed by atoms with Crippen LogP contribution in [0.15, 0.2) is 35.5 Å². The molecule has 0 heterocycles. The fraction of sp³-hybridized carbons (Fsp3) is 0.806. The van der Waals surface area contributed by atoms with Gasteiger partial charge >= 0.3 is 5.97 Å². The van der Waals surface area contributed by atoms with E-state index in [1.165, 1.54) is 61.4 Å². The first-order chi connectivity index (χ1) is 18.8. The molecule has 4 heteroatoms. The summed E-state index contributed by atoms with van der Waals surface area (Å²) in [6, 6.07) is 3.59. The molecule has 0 aromatic rings. The molecule has 3 saturated carbocycles. The van der Waals surface area contributed by atoms with Gasteiger partial charge in [-0.1, -0.05) is 65.8 Å². The maximum absolute atomic E-state index is 12.2. The van der Waals surface area contributed by atoms with Crippen LogP contribution < -0.4 is 0 Å². The Labute approximate surface area is 248 Å². The summed E-state index contributed by atoms with van der Waals surface area (Å²) >= 11 is 0. The fourth-order valence-corrected chi connectivity index (χ4v) is 11.3. The van der Waals surface area contributed by atoms with Gasteiger partial charge in [0.15, 0.2) is 8.32 Å². The number of ether oxygens (including phenoxy) is 1. The third-order valence-electron chi connectivity index (χ3n) is 11.0. The van der Waals surface area contributed by atoms with Gasteiger partial charge in [0.25, 0.3) is 0 Å². The Hall–Kier alpha value is -1.13. The lowest BCUT2D eigenvalue weighted by molar-refractivity contribution is -0.155. The highest BCUT2D eigenvalue weighted by Gasteiger charge is 2.50. The highest BCUT2D eigenvalue weighted by atomic mass is 28.4. The molecule has 0 N–H and O–H groups in total. The molecule has 3 nitrogen and oxygen atoms in total. The van der Waals surface area contributed by atoms with E-state index < -0.39 is 13.9 Å². The van der Waals surface area contributed by atoms with Gasteiger partial charge in [0, 0.05) is 6.42 Å². The lowest BCUT2D eigenvalue weighted by Gasteiger charge is -2.44. The molecule has 0 spiro atoms. The van der Waals surface area contributed by atoms with Gasteiger partial charge in [0.1, 0.15) is 5.60 Å². The number of hydrogen-bond acceptors (Lipinski definition) is 3. The van der Waals surface area contributed by atoms with Crippen molar-refractivity contribution >= 4 is 14.3 Å². The third kappa shape index (κ3) is 8.03. The van der Waals surface area contributed by atoms with Crippen LogP contribution in [0.5, 0.6) is 0 Å². The predicted octanol–water partition coefficient (Wildman–Crippen LogP) is 10.6. The van der Waals surface area contributed by atoms with Crippen LogP contribution in [-0.2, 0) is 14.0 Å². The molecular formula is C36H62O3Si. The van der Waals surface area contributed by atoms with E-state index in [4.69, 9.17) is 9.16 Å². The molecule has 0 saturated heterocycles. The van der Waals surface area contributed by atoms with Crippen molar-refractivity contribution in [2.45, 2.75) is 156 Å². The van der Waals surface area contributed by atoms with Crippen LogP contribution in [-0.4, -0.2) is 26.0 Å². The minimum Gasteiger partial charge on any atom is -0.460 e. The van der Waals surface area contributed by atoms with Crippen LogP contribution >= 0.6 is 0 Å². The molecule has 3 rings (SSSR count). The van der Waals surface area contributed by atoms with Gasteiger partial charge in [-0.25, -0.2) is 0 Å². The Balaban J connectivity index is 1.68. The zero-order chi connectivity index (χ0) is 29.7. The quantitative estimate of drug-likeness (QED) is 0.183. The maximum atomic E-state index is 12.2. The predicted molar refractivity (Wildman–Crippen MR) is 173 cm³/mol. The first-order valence-electron chi connectivity index (χ1n) is 16.8. The molecule has 3 aliphatic rings. The average Bonchev–Trinajstić information content (AvgIpc) is 3.24. The van der Waals surface area contributed by atoms with Crippen molar-refractivity contribution in [3.8, 4) is 0 Å². The summed E-state index contributed by atoms with van der Waals surface area (Å²) in [5.74, 6) is 2.67. The molecule has 0 bridgehead atoms. The zero-order valence-corrected chi connectivity index (χ0v) is 28.7. The summed E-state index contributed by atoms with van der Waals surface area (Å²) in [7, 11) is -1.66. The van der Waals surface area contributed by atoms with Crippen molar-refractivity contribution in [2.75, 3.05) is 0 Å². The molecule has 3 fully saturated rings. The summed E-state index contributed by atoms with van der Waals surface area (Å²) < 4.78 is 12.5. The highest BCUT2D eigenvalue weighted by molar-refractivity contribution is 6.73. The van der Waals surface area contributed by atoms with Crippen LogP contribution in [0.25, 0.3) is 0 Å². The van der Waals surface area contributed by atoms with Gasteiger partial charge in [-0.2, -0.15) is 0 Å². The second-order valence-corrected chi connectivity index (χ2v) is 19.6. The number of carbonyl (C=O) groups is 1. The number of esters is 1. The number of fused-ring (bicyclic) bond motifs is 1. The minimum atomic E-state index is -1.66. The molecule has 0 radical (unpaired) electrons. The largest absolute Gasteiger partial charge is 0.460 e. The Morgan fingerprint density at radius 3 is 2.45 bits per heavy atom. The summed E-state index contributed by atoms with van der Waals surface area (Å²) in [4.78, 5) is 12.2. The summed E-state index contributed by atoms with van der Waals surface area (Å²) in [5, 5.41) is 0. The number of hydrogen-bond donors (Lipinski definition) is 0. The second-order valence-electron chi connectivity index (χ2n) is 14.9. The van der Waals surface area contributed by atoms with Gasteiger partial charge in [-0.05, 0) is 137 Å². The van der Waals surface area contributed by atoms with Crippen molar-refractivity contribution in [1.82, 2.24) is 0 Å². The topological polar surface area (TPSA) is 35.5 Å². The minimum absolute atomic E-state index is 0.0514. The van der Waals surface area contributed by atoms with Crippen molar-refractivity contribution in [3.05, 3.63) is 35.5 Å². The molecule has 0 aromatic heterocycles. The number of carbonyl (C=O) groups excluding carboxylic acids is 1. The highest BCUT2D eigenvalue weighted by Crippen LogP contribution is 2.60. The fourth-order valence-electron chi connectivity index (χ4n) is 8.48. The van der Waals surface area contributed by atoms with E-state index in [1.54, 1.807) is 5.57 Å². The lowest BCUT2D eigenvalue weighted by atomic mass is 9.60. The summed E-state index contributed by atoms with van der Waals surface area (Å²) in [5.41, 5.74) is 4.35. The molecule has 3 aliphatic carbocycles. The van der Waals surface area contributed by atoms with Gasteiger partial charge < -0.3 is 9.16 Å². The SMILES string of the molecule is C=C1/C(=C\C=C2/CCC[C@]3(C)[C@@H]([C@H](C)CCCC(=O)OC(C)(C)C)CC[C@@H]23)C[C@@H](C)CC1O[Si](CC)(CC)CC. The smallest absolute Gasteiger partial charge is 0.306 e. The molecule has 0 aromatic carbocycles. The van der Waals surface area contributed by atoms with Crippen molar-refractivity contribution in [1.29, 1.82) is 0 Å². The van der Waals surface area contributed by atoms with Crippen LogP contribution in [0.2, 0.25) is 18.1 Å². The molecule has 0 amide bonds. The van der Waals surface area contributed by atoms with Crippen molar-refractivity contribution < 1.29 is 14.0 Å². The van der Waals surface area contributed by atoms with Crippen LogP contribution in [0.1, 0.15) is 127 Å². The molecular weight excluding hydrogens is 508 g/mol. The van der Waals surface area contributed by atoms with E-state index in [0.717, 1.165) is 31.6 Å². The Morgan fingerprint density at radius 1 is 1.15 bits per heavy atom. The van der Waals surface area contributed by atoms with Crippen molar-refractivity contribution in [3.63, 3.8) is 0 Å². The zero-order valence-electron chi connectivity index (χ0n) is 27.7. The molecule has 40 heavy (non-hydrogen) atoms. The van der Waals surface area contributed by atoms with Crippen LogP contribution in [0.4, 0.5) is 0 Å². The summed E-state index contributed by atoms with van der Waals surface area (Å²) in [6.07, 6.45) is 16.5. The number of allylic oxidation sites excluding steroid dienone is 3. The van der Waals surface area contributed by atoms with E-state index in [-0.39, 0.29) is 12.1 Å². The van der Waals surface area contributed by atoms with Crippen molar-refractivity contribution in [2.24, 2.45) is 29.1 Å².